The van der Waals surface area contributed by atoms with Crippen LogP contribution < -0.4 is 14.2 Å². The highest BCUT2D eigenvalue weighted by atomic mass is 16.6. The quantitative estimate of drug-likeness (QED) is 0.468. The van der Waals surface area contributed by atoms with Gasteiger partial charge in [0.25, 0.3) is 0 Å². The summed E-state index contributed by atoms with van der Waals surface area (Å²) in [5, 5.41) is 0. The Morgan fingerprint density at radius 1 is 1.10 bits per heavy atom. The topological polar surface area (TPSA) is 44.8 Å². The third kappa shape index (κ3) is 3.63. The molecule has 0 spiro atoms. The van der Waals surface area contributed by atoms with Crippen LogP contribution in [0.1, 0.15) is 26.3 Å². The van der Waals surface area contributed by atoms with E-state index in [2.05, 4.69) is 0 Å². The van der Waals surface area contributed by atoms with Crippen molar-refractivity contribution in [3.8, 4) is 17.2 Å². The fourth-order valence-corrected chi connectivity index (χ4v) is 1.58. The minimum absolute atomic E-state index is 0.287. The number of hydrogen-bond acceptors (Lipinski definition) is 4. The lowest BCUT2D eigenvalue weighted by molar-refractivity contribution is -0.130. The normalized spacial score (nSPS) is 11.6. The highest BCUT2D eigenvalue weighted by Crippen LogP contribution is 2.39. The van der Waals surface area contributed by atoms with E-state index in [1.54, 1.807) is 32.1 Å². The summed E-state index contributed by atoms with van der Waals surface area (Å²) >= 11 is 0. The number of hydrogen-bond donors (Lipinski definition) is 0. The van der Waals surface area contributed by atoms with Crippen molar-refractivity contribution in [3.63, 3.8) is 0 Å². The van der Waals surface area contributed by atoms with Gasteiger partial charge in [0, 0.05) is 5.57 Å². The molecule has 4 nitrogen and oxygen atoms in total. The summed E-state index contributed by atoms with van der Waals surface area (Å²) in [4.78, 5) is 11.9. The maximum Gasteiger partial charge on any atom is 0.339 e. The number of rotatable bonds is 5. The maximum atomic E-state index is 11.9. The van der Waals surface area contributed by atoms with Crippen molar-refractivity contribution < 1.29 is 19.0 Å². The molecule has 0 N–H and O–H groups in total. The molecule has 0 radical (unpaired) electrons. The predicted octanol–water partition coefficient (Wildman–Crippen LogP) is 3.61. The molecule has 0 aliphatic carbocycles. The fourth-order valence-electron chi connectivity index (χ4n) is 1.58. The monoisotopic (exact) mass is 276 g/mol. The first-order valence-electron chi connectivity index (χ1n) is 6.31. The van der Waals surface area contributed by atoms with Crippen LogP contribution >= 0.6 is 0 Å². The Morgan fingerprint density at radius 2 is 1.65 bits per heavy atom. The molecular formula is C16H20O4. The Balaban J connectivity index is 3.26. The van der Waals surface area contributed by atoms with Gasteiger partial charge in [-0.1, -0.05) is 18.2 Å². The molecule has 0 aliphatic rings. The molecule has 4 heteroatoms. The van der Waals surface area contributed by atoms with Gasteiger partial charge < -0.3 is 14.2 Å². The van der Waals surface area contributed by atoms with Gasteiger partial charge in [0.2, 0.25) is 5.75 Å². The minimum atomic E-state index is -0.428. The zero-order valence-corrected chi connectivity index (χ0v) is 12.5. The largest absolute Gasteiger partial charge is 0.493 e. The average Bonchev–Trinajstić information content (AvgIpc) is 2.47. The van der Waals surface area contributed by atoms with Crippen molar-refractivity contribution in [1.29, 1.82) is 0 Å². The molecule has 0 saturated carbocycles. The predicted molar refractivity (Wildman–Crippen MR) is 79.3 cm³/mol. The Labute approximate surface area is 119 Å². The van der Waals surface area contributed by atoms with Crippen LogP contribution in [-0.4, -0.2) is 20.2 Å². The van der Waals surface area contributed by atoms with E-state index < -0.39 is 5.97 Å². The van der Waals surface area contributed by atoms with Crippen molar-refractivity contribution in [2.45, 2.75) is 20.8 Å². The zero-order chi connectivity index (χ0) is 15.1. The number of ether oxygens (including phenoxy) is 3. The molecule has 1 aromatic carbocycles. The van der Waals surface area contributed by atoms with Crippen molar-refractivity contribution in [1.82, 2.24) is 0 Å². The van der Waals surface area contributed by atoms with Crippen molar-refractivity contribution in [2.75, 3.05) is 14.2 Å². The van der Waals surface area contributed by atoms with Gasteiger partial charge in [0.15, 0.2) is 11.5 Å². The zero-order valence-electron chi connectivity index (χ0n) is 12.5. The fraction of sp³-hybridized carbons (Fsp3) is 0.312. The van der Waals surface area contributed by atoms with E-state index in [1.165, 1.54) is 14.2 Å². The molecule has 0 saturated heterocycles. The van der Waals surface area contributed by atoms with E-state index in [1.807, 2.05) is 19.1 Å². The van der Waals surface area contributed by atoms with Gasteiger partial charge >= 0.3 is 5.97 Å². The van der Waals surface area contributed by atoms with Gasteiger partial charge in [0.1, 0.15) is 0 Å². The summed E-state index contributed by atoms with van der Waals surface area (Å²) in [6.07, 6.45) is 5.51. The van der Waals surface area contributed by atoms with E-state index in [9.17, 15) is 4.79 Å². The first kappa shape index (κ1) is 15.8. The SMILES string of the molecule is CC=Cc1cc(OC)c(OC(=O)C(C)=CC)c(OC)c1. The van der Waals surface area contributed by atoms with Gasteiger partial charge in [0.05, 0.1) is 14.2 Å². The van der Waals surface area contributed by atoms with Crippen molar-refractivity contribution >= 4 is 12.0 Å². The summed E-state index contributed by atoms with van der Waals surface area (Å²) < 4.78 is 15.9. The first-order chi connectivity index (χ1) is 9.57. The van der Waals surface area contributed by atoms with Crippen LogP contribution in [0.2, 0.25) is 0 Å². The van der Waals surface area contributed by atoms with Crippen LogP contribution in [0.4, 0.5) is 0 Å². The van der Waals surface area contributed by atoms with Crippen LogP contribution in [0.3, 0.4) is 0 Å². The van der Waals surface area contributed by atoms with Gasteiger partial charge in [-0.15, -0.1) is 0 Å². The molecule has 1 aromatic rings. The smallest absolute Gasteiger partial charge is 0.339 e. The Kier molecular flexibility index (Phi) is 5.84. The average molecular weight is 276 g/mol. The number of esters is 1. The van der Waals surface area contributed by atoms with E-state index >= 15 is 0 Å². The number of methoxy groups -OCH3 is 2. The highest BCUT2D eigenvalue weighted by Gasteiger charge is 2.17. The van der Waals surface area contributed by atoms with Crippen LogP contribution in [-0.2, 0) is 4.79 Å². The van der Waals surface area contributed by atoms with Crippen LogP contribution in [0, 0.1) is 0 Å². The third-order valence-electron chi connectivity index (χ3n) is 2.79. The van der Waals surface area contributed by atoms with Gasteiger partial charge in [-0.2, -0.15) is 0 Å². The van der Waals surface area contributed by atoms with Gasteiger partial charge in [-0.25, -0.2) is 4.79 Å². The van der Waals surface area contributed by atoms with Gasteiger partial charge in [-0.05, 0) is 38.5 Å². The third-order valence-corrected chi connectivity index (χ3v) is 2.79. The lowest BCUT2D eigenvalue weighted by Crippen LogP contribution is -2.10. The Hall–Kier alpha value is -2.23. The number of carbonyl (C=O) groups is 1. The molecule has 0 atom stereocenters. The standard InChI is InChI=1S/C16H20O4/c1-6-8-12-9-13(18-4)15(14(10-12)19-5)20-16(17)11(3)7-2/h6-10H,1-5H3. The Morgan fingerprint density at radius 3 is 2.05 bits per heavy atom. The van der Waals surface area contributed by atoms with Crippen molar-refractivity contribution in [2.24, 2.45) is 0 Å². The molecule has 0 aliphatic heterocycles. The van der Waals surface area contributed by atoms with E-state index in [-0.39, 0.29) is 5.75 Å². The lowest BCUT2D eigenvalue weighted by Gasteiger charge is -2.14. The Bertz CT molecular complexity index is 516. The van der Waals surface area contributed by atoms with E-state index in [0.717, 1.165) is 5.56 Å². The molecule has 108 valence electrons. The molecular weight excluding hydrogens is 256 g/mol. The summed E-state index contributed by atoms with van der Waals surface area (Å²) in [6.45, 7) is 5.39. The van der Waals surface area contributed by atoms with Crippen LogP contribution in [0.25, 0.3) is 6.08 Å². The molecule has 0 heterocycles. The molecule has 0 fully saturated rings. The second kappa shape index (κ2) is 7.38. The molecule has 0 aromatic heterocycles. The molecule has 0 amide bonds. The second-order valence-electron chi connectivity index (χ2n) is 4.12. The molecule has 20 heavy (non-hydrogen) atoms. The van der Waals surface area contributed by atoms with E-state index in [0.29, 0.717) is 17.1 Å². The van der Waals surface area contributed by atoms with Crippen molar-refractivity contribution in [3.05, 3.63) is 35.4 Å². The van der Waals surface area contributed by atoms with Crippen LogP contribution in [0.15, 0.2) is 29.9 Å². The van der Waals surface area contributed by atoms with Gasteiger partial charge in [-0.3, -0.25) is 0 Å². The molecule has 0 bridgehead atoms. The summed E-state index contributed by atoms with van der Waals surface area (Å²) in [5.74, 6) is 0.766. The summed E-state index contributed by atoms with van der Waals surface area (Å²) in [5.41, 5.74) is 1.43. The molecule has 1 rings (SSSR count). The number of allylic oxidation sites excluding steroid dienone is 2. The second-order valence-corrected chi connectivity index (χ2v) is 4.12. The van der Waals surface area contributed by atoms with Crippen LogP contribution in [0.5, 0.6) is 17.2 Å². The summed E-state index contributed by atoms with van der Waals surface area (Å²) in [6, 6.07) is 3.58. The summed E-state index contributed by atoms with van der Waals surface area (Å²) in [7, 11) is 3.04. The lowest BCUT2D eigenvalue weighted by atomic mass is 10.1. The van der Waals surface area contributed by atoms with E-state index in [4.69, 9.17) is 14.2 Å². The highest BCUT2D eigenvalue weighted by molar-refractivity contribution is 5.90. The number of benzene rings is 1. The number of carbonyl (C=O) groups excluding carboxylic acids is 1. The minimum Gasteiger partial charge on any atom is -0.493 e. The first-order valence-corrected chi connectivity index (χ1v) is 6.31. The maximum absolute atomic E-state index is 11.9. The molecule has 0 unspecified atom stereocenters.